The highest BCUT2D eigenvalue weighted by Crippen LogP contribution is 2.31. The first kappa shape index (κ1) is 13.7. The smallest absolute Gasteiger partial charge is 0.144 e. The molecule has 0 amide bonds. The maximum Gasteiger partial charge on any atom is 0.144 e. The lowest BCUT2D eigenvalue weighted by Crippen LogP contribution is -1.92. The van der Waals surface area contributed by atoms with Crippen LogP contribution in [0.4, 0.5) is 10.1 Å². The molecule has 0 unspecified atom stereocenters. The summed E-state index contributed by atoms with van der Waals surface area (Å²) >= 11 is 7.45. The van der Waals surface area contributed by atoms with E-state index in [9.17, 15) is 4.39 Å². The van der Waals surface area contributed by atoms with Crippen molar-refractivity contribution in [3.63, 3.8) is 0 Å². The number of thioether (sulfide) groups is 1. The summed E-state index contributed by atoms with van der Waals surface area (Å²) in [5.74, 6) is -0.0607. The molecule has 0 saturated carbocycles. The zero-order valence-corrected chi connectivity index (χ0v) is 11.4. The standard InChI is InChI=1S/C14H10ClFN2S/c15-12-6-11(18)4-5-13(12)19-8-10-3-1-2-9(7-17)14(10)16/h1-6H,8,18H2. The second-order valence-corrected chi connectivity index (χ2v) is 5.29. The van der Waals surface area contributed by atoms with Gasteiger partial charge in [-0.25, -0.2) is 4.39 Å². The van der Waals surface area contributed by atoms with Gasteiger partial charge in [0.05, 0.1) is 10.6 Å². The van der Waals surface area contributed by atoms with Crippen LogP contribution in [0.3, 0.4) is 0 Å². The van der Waals surface area contributed by atoms with E-state index in [4.69, 9.17) is 22.6 Å². The van der Waals surface area contributed by atoms with Gasteiger partial charge in [-0.05, 0) is 29.8 Å². The number of halogens is 2. The summed E-state index contributed by atoms with van der Waals surface area (Å²) in [6.07, 6.45) is 0. The van der Waals surface area contributed by atoms with E-state index in [1.165, 1.54) is 17.8 Å². The number of benzene rings is 2. The molecule has 0 atom stereocenters. The monoisotopic (exact) mass is 292 g/mol. The Balaban J connectivity index is 2.17. The summed E-state index contributed by atoms with van der Waals surface area (Å²) in [7, 11) is 0. The van der Waals surface area contributed by atoms with Crippen LogP contribution < -0.4 is 5.73 Å². The zero-order valence-electron chi connectivity index (χ0n) is 9.86. The molecule has 0 spiro atoms. The van der Waals surface area contributed by atoms with Crippen LogP contribution in [0, 0.1) is 17.1 Å². The van der Waals surface area contributed by atoms with Gasteiger partial charge in [0.2, 0.25) is 0 Å². The van der Waals surface area contributed by atoms with Gasteiger partial charge in [-0.15, -0.1) is 11.8 Å². The third-order valence-electron chi connectivity index (χ3n) is 2.54. The zero-order chi connectivity index (χ0) is 13.8. The Morgan fingerprint density at radius 2 is 2.11 bits per heavy atom. The van der Waals surface area contributed by atoms with Gasteiger partial charge in [0.1, 0.15) is 11.9 Å². The molecular weight excluding hydrogens is 283 g/mol. The van der Waals surface area contributed by atoms with Crippen molar-refractivity contribution in [3.05, 3.63) is 58.4 Å². The molecule has 2 aromatic rings. The third kappa shape index (κ3) is 3.19. The predicted octanol–water partition coefficient (Wildman–Crippen LogP) is 4.23. The minimum Gasteiger partial charge on any atom is -0.399 e. The highest BCUT2D eigenvalue weighted by Gasteiger charge is 2.09. The number of nitrogens with two attached hydrogens (primary N) is 1. The van der Waals surface area contributed by atoms with Crippen molar-refractivity contribution < 1.29 is 4.39 Å². The molecule has 96 valence electrons. The van der Waals surface area contributed by atoms with Crippen LogP contribution in [0.1, 0.15) is 11.1 Å². The van der Waals surface area contributed by atoms with Crippen LogP contribution in [0.2, 0.25) is 5.02 Å². The predicted molar refractivity (Wildman–Crippen MR) is 76.5 cm³/mol. The van der Waals surface area contributed by atoms with Crippen molar-refractivity contribution in [2.45, 2.75) is 10.6 Å². The Hall–Kier alpha value is -1.70. The molecule has 0 radical (unpaired) electrons. The molecule has 2 N–H and O–H groups in total. The number of nitriles is 1. The van der Waals surface area contributed by atoms with Crippen LogP contribution in [-0.2, 0) is 5.75 Å². The highest BCUT2D eigenvalue weighted by atomic mass is 35.5. The number of rotatable bonds is 3. The second kappa shape index (κ2) is 5.96. The van der Waals surface area contributed by atoms with Gasteiger partial charge in [0, 0.05) is 16.3 Å². The van der Waals surface area contributed by atoms with E-state index in [1.54, 1.807) is 30.3 Å². The number of nitrogens with zero attached hydrogens (tertiary/aromatic N) is 1. The van der Waals surface area contributed by atoms with E-state index in [0.717, 1.165) is 4.90 Å². The highest BCUT2D eigenvalue weighted by molar-refractivity contribution is 7.98. The summed E-state index contributed by atoms with van der Waals surface area (Å²) in [4.78, 5) is 0.831. The van der Waals surface area contributed by atoms with Gasteiger partial charge in [-0.2, -0.15) is 5.26 Å². The van der Waals surface area contributed by atoms with Gasteiger partial charge in [-0.3, -0.25) is 0 Å². The van der Waals surface area contributed by atoms with E-state index in [0.29, 0.717) is 22.0 Å². The van der Waals surface area contributed by atoms with E-state index in [1.807, 2.05) is 6.07 Å². The molecule has 0 bridgehead atoms. The lowest BCUT2D eigenvalue weighted by molar-refractivity contribution is 0.613. The summed E-state index contributed by atoms with van der Waals surface area (Å²) in [6, 6.07) is 11.8. The minimum absolute atomic E-state index is 0.0569. The van der Waals surface area contributed by atoms with Gasteiger partial charge in [-0.1, -0.05) is 23.7 Å². The summed E-state index contributed by atoms with van der Waals surface area (Å²) in [5, 5.41) is 9.31. The maximum absolute atomic E-state index is 13.9. The first-order valence-electron chi connectivity index (χ1n) is 5.47. The number of hydrogen-bond acceptors (Lipinski definition) is 3. The van der Waals surface area contributed by atoms with E-state index in [2.05, 4.69) is 0 Å². The van der Waals surface area contributed by atoms with Crippen molar-refractivity contribution in [2.24, 2.45) is 0 Å². The van der Waals surface area contributed by atoms with Crippen LogP contribution in [0.15, 0.2) is 41.3 Å². The molecule has 0 aliphatic carbocycles. The number of nitrogen functional groups attached to an aromatic ring is 1. The Morgan fingerprint density at radius 3 is 2.79 bits per heavy atom. The summed E-state index contributed by atoms with van der Waals surface area (Å²) in [6.45, 7) is 0. The Morgan fingerprint density at radius 1 is 1.32 bits per heavy atom. The first-order valence-corrected chi connectivity index (χ1v) is 6.83. The molecule has 0 aromatic heterocycles. The van der Waals surface area contributed by atoms with E-state index < -0.39 is 5.82 Å². The molecule has 0 fully saturated rings. The molecule has 2 aromatic carbocycles. The van der Waals surface area contributed by atoms with E-state index in [-0.39, 0.29) is 5.56 Å². The quantitative estimate of drug-likeness (QED) is 0.680. The number of anilines is 1. The fraction of sp³-hybridized carbons (Fsp3) is 0.0714. The molecule has 19 heavy (non-hydrogen) atoms. The van der Waals surface area contributed by atoms with Gasteiger partial charge in [0.25, 0.3) is 0 Å². The molecule has 2 rings (SSSR count). The van der Waals surface area contributed by atoms with Gasteiger partial charge >= 0.3 is 0 Å². The molecule has 2 nitrogen and oxygen atoms in total. The summed E-state index contributed by atoms with van der Waals surface area (Å²) < 4.78 is 13.9. The van der Waals surface area contributed by atoms with Gasteiger partial charge < -0.3 is 5.73 Å². The lowest BCUT2D eigenvalue weighted by Gasteiger charge is -2.06. The molecule has 0 aliphatic rings. The average Bonchev–Trinajstić information content (AvgIpc) is 2.39. The first-order chi connectivity index (χ1) is 9.11. The van der Waals surface area contributed by atoms with Crippen LogP contribution >= 0.6 is 23.4 Å². The molecule has 0 heterocycles. The van der Waals surface area contributed by atoms with Crippen molar-refractivity contribution in [1.29, 1.82) is 5.26 Å². The Bertz CT molecular complexity index is 652. The largest absolute Gasteiger partial charge is 0.399 e. The van der Waals surface area contributed by atoms with Crippen molar-refractivity contribution in [2.75, 3.05) is 5.73 Å². The van der Waals surface area contributed by atoms with Crippen LogP contribution in [-0.4, -0.2) is 0 Å². The van der Waals surface area contributed by atoms with Crippen molar-refractivity contribution in [3.8, 4) is 6.07 Å². The van der Waals surface area contributed by atoms with Crippen LogP contribution in [0.25, 0.3) is 0 Å². The Kier molecular flexibility index (Phi) is 4.31. The minimum atomic E-state index is -0.468. The van der Waals surface area contributed by atoms with E-state index >= 15 is 0 Å². The Labute approximate surface area is 120 Å². The fourth-order valence-electron chi connectivity index (χ4n) is 1.57. The maximum atomic E-state index is 13.9. The summed E-state index contributed by atoms with van der Waals surface area (Å²) in [5.41, 5.74) is 6.74. The lowest BCUT2D eigenvalue weighted by atomic mass is 10.1. The van der Waals surface area contributed by atoms with Crippen LogP contribution in [0.5, 0.6) is 0 Å². The average molecular weight is 293 g/mol. The molecule has 0 aliphatic heterocycles. The molecular formula is C14H10ClFN2S. The molecule has 0 saturated heterocycles. The second-order valence-electron chi connectivity index (χ2n) is 3.87. The van der Waals surface area contributed by atoms with Crippen molar-refractivity contribution >= 4 is 29.1 Å². The normalized spacial score (nSPS) is 10.2. The van der Waals surface area contributed by atoms with Crippen molar-refractivity contribution in [1.82, 2.24) is 0 Å². The fourth-order valence-corrected chi connectivity index (χ4v) is 2.81. The number of hydrogen-bond donors (Lipinski definition) is 1. The molecule has 5 heteroatoms. The third-order valence-corrected chi connectivity index (χ3v) is 4.09. The SMILES string of the molecule is N#Cc1cccc(CSc2ccc(N)cc2Cl)c1F. The van der Waals surface area contributed by atoms with Gasteiger partial charge in [0.15, 0.2) is 0 Å². The topological polar surface area (TPSA) is 49.8 Å².